The van der Waals surface area contributed by atoms with E-state index in [0.717, 1.165) is 19.3 Å². The lowest BCUT2D eigenvalue weighted by Crippen LogP contribution is -2.42. The molecular formula is C27H32N2O5. The van der Waals surface area contributed by atoms with Crippen molar-refractivity contribution in [1.82, 2.24) is 10.6 Å². The zero-order valence-electron chi connectivity index (χ0n) is 19.5. The maximum Gasteiger partial charge on any atom is 0.407 e. The number of carboxylic acid groups (broad SMARTS) is 1. The zero-order chi connectivity index (χ0) is 24.1. The molecule has 4 rings (SSSR count). The van der Waals surface area contributed by atoms with E-state index in [9.17, 15) is 14.4 Å². The molecule has 7 nitrogen and oxygen atoms in total. The summed E-state index contributed by atoms with van der Waals surface area (Å²) in [5.41, 5.74) is 4.70. The highest BCUT2D eigenvalue weighted by molar-refractivity contribution is 5.79. The molecule has 0 aliphatic heterocycles. The number of ether oxygens (including phenoxy) is 1. The summed E-state index contributed by atoms with van der Waals surface area (Å²) in [5.74, 6) is -1.08. The highest BCUT2D eigenvalue weighted by atomic mass is 16.5. The summed E-state index contributed by atoms with van der Waals surface area (Å²) >= 11 is 0. The van der Waals surface area contributed by atoms with Gasteiger partial charge in [-0.15, -0.1) is 0 Å². The van der Waals surface area contributed by atoms with Crippen molar-refractivity contribution < 1.29 is 24.2 Å². The van der Waals surface area contributed by atoms with Gasteiger partial charge in [-0.1, -0.05) is 61.9 Å². The van der Waals surface area contributed by atoms with Gasteiger partial charge in [0, 0.05) is 24.4 Å². The van der Waals surface area contributed by atoms with Crippen LogP contribution in [0.1, 0.15) is 62.5 Å². The second-order valence-corrected chi connectivity index (χ2v) is 9.24. The predicted octanol–water partition coefficient (Wildman–Crippen LogP) is 4.45. The smallest absolute Gasteiger partial charge is 0.407 e. The third kappa shape index (κ3) is 5.41. The minimum atomic E-state index is -0.928. The van der Waals surface area contributed by atoms with Crippen molar-refractivity contribution in [2.75, 3.05) is 6.61 Å². The van der Waals surface area contributed by atoms with Crippen molar-refractivity contribution in [3.05, 3.63) is 59.7 Å². The summed E-state index contributed by atoms with van der Waals surface area (Å²) in [6.07, 6.45) is 2.85. The molecule has 2 amide bonds. The number of carbonyl (C=O) groups is 3. The minimum Gasteiger partial charge on any atom is -0.481 e. The van der Waals surface area contributed by atoms with Gasteiger partial charge in [0.05, 0.1) is 6.42 Å². The molecule has 3 N–H and O–H groups in total. The average Bonchev–Trinajstić information content (AvgIpc) is 3.38. The van der Waals surface area contributed by atoms with E-state index in [1.807, 2.05) is 31.2 Å². The van der Waals surface area contributed by atoms with Crippen LogP contribution >= 0.6 is 0 Å². The lowest BCUT2D eigenvalue weighted by molar-refractivity contribution is -0.137. The number of benzene rings is 2. The second kappa shape index (κ2) is 10.7. The van der Waals surface area contributed by atoms with E-state index in [0.29, 0.717) is 6.42 Å². The van der Waals surface area contributed by atoms with E-state index in [-0.39, 0.29) is 49.3 Å². The van der Waals surface area contributed by atoms with Gasteiger partial charge in [0.2, 0.25) is 5.91 Å². The first kappa shape index (κ1) is 23.8. The van der Waals surface area contributed by atoms with E-state index in [2.05, 4.69) is 34.9 Å². The fraction of sp³-hybridized carbons (Fsp3) is 0.444. The molecule has 1 saturated carbocycles. The first-order valence-electron chi connectivity index (χ1n) is 12.1. The molecule has 7 heteroatoms. The van der Waals surface area contributed by atoms with E-state index in [4.69, 9.17) is 9.84 Å². The van der Waals surface area contributed by atoms with Crippen LogP contribution in [0.4, 0.5) is 4.79 Å². The summed E-state index contributed by atoms with van der Waals surface area (Å²) in [6.45, 7) is 2.11. The number of alkyl carbamates (subject to hydrolysis) is 1. The number of fused-ring (bicyclic) bond motifs is 3. The third-order valence-electron chi connectivity index (χ3n) is 7.03. The van der Waals surface area contributed by atoms with E-state index in [1.54, 1.807) is 0 Å². The highest BCUT2D eigenvalue weighted by Crippen LogP contribution is 2.44. The molecule has 180 valence electrons. The van der Waals surface area contributed by atoms with Crippen LogP contribution in [0.5, 0.6) is 0 Å². The lowest BCUT2D eigenvalue weighted by atomic mass is 9.98. The summed E-state index contributed by atoms with van der Waals surface area (Å²) in [6, 6.07) is 15.9. The topological polar surface area (TPSA) is 105 Å². The number of nitrogens with one attached hydrogen (secondary N) is 2. The Morgan fingerprint density at radius 2 is 1.68 bits per heavy atom. The number of carboxylic acids is 1. The van der Waals surface area contributed by atoms with Crippen molar-refractivity contribution in [2.45, 2.75) is 63.5 Å². The summed E-state index contributed by atoms with van der Waals surface area (Å²) in [7, 11) is 0. The SMILES string of the molecule is CC[C@H](CC(=O)O)NC(=O)C[C@@H]1CCC[C@H]1NC(=O)OCC1c2ccccc2-c2ccccc21. The summed E-state index contributed by atoms with van der Waals surface area (Å²) in [4.78, 5) is 36.1. The number of aliphatic carboxylic acids is 1. The fourth-order valence-corrected chi connectivity index (χ4v) is 5.30. The molecule has 1 fully saturated rings. The first-order valence-corrected chi connectivity index (χ1v) is 12.1. The van der Waals surface area contributed by atoms with Gasteiger partial charge in [-0.2, -0.15) is 0 Å². The van der Waals surface area contributed by atoms with Crippen LogP contribution in [0, 0.1) is 5.92 Å². The normalized spacial score (nSPS) is 19.7. The van der Waals surface area contributed by atoms with Crippen molar-refractivity contribution in [1.29, 1.82) is 0 Å². The van der Waals surface area contributed by atoms with Crippen LogP contribution in [0.2, 0.25) is 0 Å². The van der Waals surface area contributed by atoms with Crippen LogP contribution < -0.4 is 10.6 Å². The quantitative estimate of drug-likeness (QED) is 0.508. The number of rotatable bonds is 9. The van der Waals surface area contributed by atoms with Gasteiger partial charge in [0.15, 0.2) is 0 Å². The largest absolute Gasteiger partial charge is 0.481 e. The van der Waals surface area contributed by atoms with Gasteiger partial charge >= 0.3 is 12.1 Å². The second-order valence-electron chi connectivity index (χ2n) is 9.24. The molecule has 0 spiro atoms. The molecule has 2 aliphatic carbocycles. The molecule has 3 atom stereocenters. The van der Waals surface area contributed by atoms with Gasteiger partial charge in [-0.3, -0.25) is 9.59 Å². The van der Waals surface area contributed by atoms with Gasteiger partial charge in [-0.05, 0) is 47.4 Å². The molecule has 0 unspecified atom stereocenters. The highest BCUT2D eigenvalue weighted by Gasteiger charge is 2.33. The molecule has 0 radical (unpaired) electrons. The Morgan fingerprint density at radius 3 is 2.29 bits per heavy atom. The van der Waals surface area contributed by atoms with E-state index in [1.165, 1.54) is 22.3 Å². The molecule has 34 heavy (non-hydrogen) atoms. The third-order valence-corrected chi connectivity index (χ3v) is 7.03. The Morgan fingerprint density at radius 1 is 1.03 bits per heavy atom. The van der Waals surface area contributed by atoms with Crippen molar-refractivity contribution in [3.8, 4) is 11.1 Å². The monoisotopic (exact) mass is 464 g/mol. The lowest BCUT2D eigenvalue weighted by Gasteiger charge is -2.22. The van der Waals surface area contributed by atoms with Crippen LogP contribution in [0.25, 0.3) is 11.1 Å². The maximum absolute atomic E-state index is 12.7. The number of hydrogen-bond donors (Lipinski definition) is 3. The predicted molar refractivity (Wildman–Crippen MR) is 128 cm³/mol. The molecule has 2 aliphatic rings. The number of amides is 2. The molecule has 2 aromatic carbocycles. The number of carbonyl (C=O) groups excluding carboxylic acids is 2. The Labute approximate surface area is 199 Å². The van der Waals surface area contributed by atoms with Gasteiger partial charge in [-0.25, -0.2) is 4.79 Å². The van der Waals surface area contributed by atoms with Crippen molar-refractivity contribution in [2.24, 2.45) is 5.92 Å². The number of hydrogen-bond acceptors (Lipinski definition) is 4. The van der Waals surface area contributed by atoms with Crippen LogP contribution in [0.15, 0.2) is 48.5 Å². The summed E-state index contributed by atoms with van der Waals surface area (Å²) in [5, 5.41) is 14.8. The molecule has 0 aromatic heterocycles. The van der Waals surface area contributed by atoms with Crippen molar-refractivity contribution >= 4 is 18.0 Å². The Hall–Kier alpha value is -3.35. The minimum absolute atomic E-state index is 0.00325. The first-order chi connectivity index (χ1) is 16.5. The van der Waals surface area contributed by atoms with E-state index >= 15 is 0 Å². The Balaban J connectivity index is 1.31. The van der Waals surface area contributed by atoms with Gasteiger partial charge in [0.25, 0.3) is 0 Å². The van der Waals surface area contributed by atoms with Gasteiger partial charge in [0.1, 0.15) is 6.61 Å². The maximum atomic E-state index is 12.7. The van der Waals surface area contributed by atoms with E-state index < -0.39 is 12.1 Å². The zero-order valence-corrected chi connectivity index (χ0v) is 19.5. The van der Waals surface area contributed by atoms with Crippen molar-refractivity contribution in [3.63, 3.8) is 0 Å². The molecule has 0 bridgehead atoms. The Kier molecular flexibility index (Phi) is 7.50. The van der Waals surface area contributed by atoms with Crippen LogP contribution in [-0.4, -0.2) is 41.8 Å². The van der Waals surface area contributed by atoms with Gasteiger partial charge < -0.3 is 20.5 Å². The standard InChI is InChI=1S/C27H32N2O5/c1-2-18(15-26(31)32)28-25(30)14-17-8-7-13-24(17)29-27(33)34-16-23-21-11-5-3-9-19(21)20-10-4-6-12-22(20)23/h3-6,9-12,17-18,23-24H,2,7-8,13-16H2,1H3,(H,28,30)(H,29,33)(H,31,32)/t17-,18+,24+/m0/s1. The molecule has 0 heterocycles. The molecule has 0 saturated heterocycles. The van der Waals surface area contributed by atoms with Crippen LogP contribution in [0.3, 0.4) is 0 Å². The molecule has 2 aromatic rings. The Bertz CT molecular complexity index is 1010. The average molecular weight is 465 g/mol. The molecular weight excluding hydrogens is 432 g/mol. The van der Waals surface area contributed by atoms with Crippen LogP contribution in [-0.2, 0) is 14.3 Å². The summed E-state index contributed by atoms with van der Waals surface area (Å²) < 4.78 is 5.66. The fourth-order valence-electron chi connectivity index (χ4n) is 5.30.